The summed E-state index contributed by atoms with van der Waals surface area (Å²) in [6.45, 7) is 2.01. The number of nitro benzene ring substituents is 1. The molecule has 1 aliphatic heterocycles. The maximum absolute atomic E-state index is 11.5. The number of aliphatic imine (C=N–C) groups is 2. The molecule has 0 saturated heterocycles. The van der Waals surface area contributed by atoms with E-state index >= 15 is 0 Å². The van der Waals surface area contributed by atoms with Gasteiger partial charge in [-0.25, -0.2) is 4.99 Å². The Hall–Kier alpha value is -3.62. The molecule has 0 unspecified atom stereocenters. The van der Waals surface area contributed by atoms with Gasteiger partial charge in [-0.3, -0.25) is 15.0 Å². The maximum Gasteiger partial charge on any atom is 0.271 e. The van der Waals surface area contributed by atoms with Crippen LogP contribution in [0.3, 0.4) is 0 Å². The van der Waals surface area contributed by atoms with Crippen LogP contribution in [0.15, 0.2) is 52.4 Å². The Bertz CT molecular complexity index is 1040. The van der Waals surface area contributed by atoms with Crippen molar-refractivity contribution in [3.8, 4) is 0 Å². The topological polar surface area (TPSA) is 135 Å². The van der Waals surface area contributed by atoms with Gasteiger partial charge in [-0.2, -0.15) is 4.99 Å². The lowest BCUT2D eigenvalue weighted by Gasteiger charge is -2.46. The summed E-state index contributed by atoms with van der Waals surface area (Å²) >= 11 is 0. The normalized spacial score (nSPS) is 18.0. The minimum atomic E-state index is -0.688. The molecule has 0 atom stereocenters. The smallest absolute Gasteiger partial charge is 0.271 e. The predicted octanol–water partition coefficient (Wildman–Crippen LogP) is 3.76. The molecule has 1 saturated carbocycles. The van der Waals surface area contributed by atoms with Crippen molar-refractivity contribution in [3.63, 3.8) is 0 Å². The third kappa shape index (κ3) is 3.66. The Morgan fingerprint density at radius 3 is 2.60 bits per heavy atom. The van der Waals surface area contributed by atoms with E-state index in [2.05, 4.69) is 15.3 Å². The molecule has 1 fully saturated rings. The number of hydrogen-bond donors (Lipinski definition) is 3. The second-order valence-corrected chi connectivity index (χ2v) is 7.77. The van der Waals surface area contributed by atoms with E-state index in [9.17, 15) is 10.1 Å². The van der Waals surface area contributed by atoms with Gasteiger partial charge in [0.2, 0.25) is 11.9 Å². The van der Waals surface area contributed by atoms with E-state index in [0.717, 1.165) is 43.4 Å². The van der Waals surface area contributed by atoms with Crippen molar-refractivity contribution in [2.24, 2.45) is 21.5 Å². The molecule has 4 rings (SSSR count). The molecule has 0 radical (unpaired) electrons. The van der Waals surface area contributed by atoms with Crippen LogP contribution in [0.1, 0.15) is 37.7 Å². The fraction of sp³-hybridized carbons (Fsp3) is 0.333. The first-order valence-electron chi connectivity index (χ1n) is 10.00. The van der Waals surface area contributed by atoms with E-state index in [4.69, 9.17) is 11.5 Å². The number of non-ortho nitro benzene ring substituents is 1. The largest absolute Gasteiger partial charge is 0.369 e. The summed E-state index contributed by atoms with van der Waals surface area (Å²) < 4.78 is 0. The van der Waals surface area contributed by atoms with Crippen molar-refractivity contribution in [3.05, 3.63) is 58.1 Å². The molecule has 0 bridgehead atoms. The van der Waals surface area contributed by atoms with Gasteiger partial charge in [-0.15, -0.1) is 0 Å². The second-order valence-electron chi connectivity index (χ2n) is 7.77. The van der Waals surface area contributed by atoms with Crippen molar-refractivity contribution in [2.45, 2.75) is 44.7 Å². The first kappa shape index (κ1) is 19.7. The fourth-order valence-corrected chi connectivity index (χ4v) is 4.27. The minimum absolute atomic E-state index is 0.0268. The van der Waals surface area contributed by atoms with E-state index in [0.29, 0.717) is 11.4 Å². The third-order valence-corrected chi connectivity index (χ3v) is 5.58. The van der Waals surface area contributed by atoms with Crippen LogP contribution in [0, 0.1) is 17.0 Å². The van der Waals surface area contributed by atoms with Crippen molar-refractivity contribution < 1.29 is 4.92 Å². The monoisotopic (exact) mass is 407 g/mol. The lowest BCUT2D eigenvalue weighted by molar-refractivity contribution is -0.384. The molecule has 156 valence electrons. The van der Waals surface area contributed by atoms with Gasteiger partial charge in [0, 0.05) is 17.8 Å². The molecule has 30 heavy (non-hydrogen) atoms. The molecule has 5 N–H and O–H groups in total. The van der Waals surface area contributed by atoms with Gasteiger partial charge in [0.25, 0.3) is 5.69 Å². The van der Waals surface area contributed by atoms with E-state index in [1.807, 2.05) is 36.1 Å². The molecule has 9 heteroatoms. The number of nitro groups is 1. The van der Waals surface area contributed by atoms with Crippen LogP contribution in [0.2, 0.25) is 0 Å². The number of nitrogens with zero attached hydrogens (tertiary/aromatic N) is 4. The van der Waals surface area contributed by atoms with Crippen LogP contribution in [0.25, 0.3) is 0 Å². The standard InChI is InChI=1S/C21H25N7O2/c1-14-6-5-7-15(12-14)24-17-9-8-16(28(29)30)13-18(17)27-20(23)25-19(22)26-21(27)10-3-2-4-11-21/h5-9,12-13,24H,2-4,10-11H2,1H3,(H4,22,23,25,26). The fourth-order valence-electron chi connectivity index (χ4n) is 4.27. The van der Waals surface area contributed by atoms with E-state index in [1.54, 1.807) is 6.07 Å². The Morgan fingerprint density at radius 1 is 1.13 bits per heavy atom. The number of nitrogens with two attached hydrogens (primary N) is 2. The summed E-state index contributed by atoms with van der Waals surface area (Å²) in [6.07, 6.45) is 4.53. The zero-order valence-corrected chi connectivity index (χ0v) is 16.8. The molecule has 1 spiro atoms. The van der Waals surface area contributed by atoms with Gasteiger partial charge < -0.3 is 16.8 Å². The highest BCUT2D eigenvalue weighted by atomic mass is 16.6. The van der Waals surface area contributed by atoms with Gasteiger partial charge in [0.05, 0.1) is 16.3 Å². The highest BCUT2D eigenvalue weighted by molar-refractivity contribution is 6.07. The van der Waals surface area contributed by atoms with Gasteiger partial charge in [-0.05, 0) is 56.4 Å². The molecule has 1 heterocycles. The minimum Gasteiger partial charge on any atom is -0.369 e. The molecule has 2 aliphatic rings. The van der Waals surface area contributed by atoms with Crippen LogP contribution in [-0.2, 0) is 0 Å². The SMILES string of the molecule is Cc1cccc(Nc2ccc([N+](=O)[O-])cc2N2C(N)=NC(N)=NC23CCCCC3)c1. The Morgan fingerprint density at radius 2 is 1.90 bits per heavy atom. The number of nitrogens with one attached hydrogen (secondary N) is 1. The number of hydrogen-bond acceptors (Lipinski definition) is 8. The van der Waals surface area contributed by atoms with Gasteiger partial charge in [-0.1, -0.05) is 18.6 Å². The predicted molar refractivity (Wildman–Crippen MR) is 119 cm³/mol. The van der Waals surface area contributed by atoms with Crippen LogP contribution in [0.4, 0.5) is 22.7 Å². The zero-order valence-electron chi connectivity index (χ0n) is 16.8. The third-order valence-electron chi connectivity index (χ3n) is 5.58. The second kappa shape index (κ2) is 7.66. The Balaban J connectivity index is 1.85. The number of rotatable bonds is 4. The van der Waals surface area contributed by atoms with Crippen molar-refractivity contribution in [1.29, 1.82) is 0 Å². The van der Waals surface area contributed by atoms with Crippen LogP contribution >= 0.6 is 0 Å². The van der Waals surface area contributed by atoms with Crippen molar-refractivity contribution >= 4 is 34.7 Å². The summed E-state index contributed by atoms with van der Waals surface area (Å²) in [5.41, 5.74) is 14.8. The first-order valence-corrected chi connectivity index (χ1v) is 10.00. The molecule has 1 aliphatic carbocycles. The molecular formula is C21H25N7O2. The molecule has 9 nitrogen and oxygen atoms in total. The number of guanidine groups is 2. The lowest BCUT2D eigenvalue weighted by Crippen LogP contribution is -2.58. The van der Waals surface area contributed by atoms with Crippen LogP contribution in [-0.4, -0.2) is 22.5 Å². The summed E-state index contributed by atoms with van der Waals surface area (Å²) in [7, 11) is 0. The average molecular weight is 407 g/mol. The number of benzene rings is 2. The van der Waals surface area contributed by atoms with Gasteiger partial charge in [0.15, 0.2) is 0 Å². The maximum atomic E-state index is 11.5. The zero-order chi connectivity index (χ0) is 21.3. The summed E-state index contributed by atoms with van der Waals surface area (Å²) in [5.74, 6) is 0.335. The Kier molecular flexibility index (Phi) is 5.03. The van der Waals surface area contributed by atoms with E-state index < -0.39 is 10.6 Å². The van der Waals surface area contributed by atoms with Crippen molar-refractivity contribution in [1.82, 2.24) is 0 Å². The van der Waals surface area contributed by atoms with Crippen LogP contribution < -0.4 is 21.7 Å². The molecular weight excluding hydrogens is 382 g/mol. The summed E-state index contributed by atoms with van der Waals surface area (Å²) in [5, 5.41) is 14.9. The molecule has 2 aromatic carbocycles. The first-order chi connectivity index (χ1) is 14.4. The summed E-state index contributed by atoms with van der Waals surface area (Å²) in [6, 6.07) is 12.6. The number of anilines is 3. The number of aryl methyl sites for hydroxylation is 1. The van der Waals surface area contributed by atoms with Gasteiger partial charge >= 0.3 is 0 Å². The highest BCUT2D eigenvalue weighted by Crippen LogP contribution is 2.43. The quantitative estimate of drug-likeness (QED) is 0.522. The van der Waals surface area contributed by atoms with Gasteiger partial charge in [0.1, 0.15) is 5.66 Å². The van der Waals surface area contributed by atoms with Crippen molar-refractivity contribution in [2.75, 3.05) is 10.2 Å². The Labute approximate surface area is 174 Å². The molecule has 2 aromatic rings. The van der Waals surface area contributed by atoms with Crippen LogP contribution in [0.5, 0.6) is 0 Å². The average Bonchev–Trinajstić information content (AvgIpc) is 2.69. The summed E-state index contributed by atoms with van der Waals surface area (Å²) in [4.78, 5) is 21.8. The highest BCUT2D eigenvalue weighted by Gasteiger charge is 2.43. The lowest BCUT2D eigenvalue weighted by atomic mass is 9.87. The molecule has 0 aromatic heterocycles. The van der Waals surface area contributed by atoms with E-state index in [-0.39, 0.29) is 17.6 Å². The van der Waals surface area contributed by atoms with E-state index in [1.165, 1.54) is 12.1 Å². The molecule has 0 amide bonds.